The van der Waals surface area contributed by atoms with Gasteiger partial charge >= 0.3 is 0 Å². The fraction of sp³-hybridized carbons (Fsp3) is 0.333. The Morgan fingerprint density at radius 1 is 1.36 bits per heavy atom. The van der Waals surface area contributed by atoms with E-state index in [0.29, 0.717) is 25.7 Å². The van der Waals surface area contributed by atoms with E-state index in [1.165, 1.54) is 22.7 Å². The maximum Gasteiger partial charge on any atom is 0.266 e. The zero-order chi connectivity index (χ0) is 15.9. The van der Waals surface area contributed by atoms with Crippen molar-refractivity contribution in [2.45, 2.75) is 26.2 Å². The molecule has 0 bridgehead atoms. The summed E-state index contributed by atoms with van der Waals surface area (Å²) in [6.07, 6.45) is 2.87. The van der Waals surface area contributed by atoms with Gasteiger partial charge < -0.3 is 11.1 Å². The Morgan fingerprint density at radius 3 is 2.77 bits per heavy atom. The number of carbonyl (C=O) groups is 2. The van der Waals surface area contributed by atoms with Gasteiger partial charge in [-0.3, -0.25) is 9.59 Å². The molecule has 0 aromatic carbocycles. The number of amides is 2. The molecular weight excluding hydrogens is 340 g/mol. The van der Waals surface area contributed by atoms with Crippen LogP contribution in [-0.2, 0) is 12.8 Å². The van der Waals surface area contributed by atoms with Crippen LogP contribution in [0, 0.1) is 5.92 Å². The lowest BCUT2D eigenvalue weighted by Gasteiger charge is -2.18. The van der Waals surface area contributed by atoms with Crippen LogP contribution >= 0.6 is 34.3 Å². The summed E-state index contributed by atoms with van der Waals surface area (Å²) >= 11 is 8.52. The van der Waals surface area contributed by atoms with Crippen molar-refractivity contribution in [1.29, 1.82) is 0 Å². The van der Waals surface area contributed by atoms with Gasteiger partial charge in [-0.05, 0) is 42.9 Å². The zero-order valence-electron chi connectivity index (χ0n) is 11.9. The number of hydrogen-bond acceptors (Lipinski definition) is 4. The molecule has 0 fully saturated rings. The number of carbonyl (C=O) groups excluding carboxylic acids is 2. The second-order valence-corrected chi connectivity index (χ2v) is 8.30. The van der Waals surface area contributed by atoms with E-state index in [2.05, 4.69) is 12.2 Å². The van der Waals surface area contributed by atoms with Gasteiger partial charge in [0.2, 0.25) is 0 Å². The highest BCUT2D eigenvalue weighted by Crippen LogP contribution is 2.39. The molecule has 22 heavy (non-hydrogen) atoms. The predicted octanol–water partition coefficient (Wildman–Crippen LogP) is 3.94. The standard InChI is InChI=1S/C15H15ClN2O2S2/c1-7-2-3-9-8(6-7)12(13(17)19)15(22-9)18-14(20)10-4-5-11(16)21-10/h4-5,7H,2-3,6H2,1H3,(H2,17,19)(H,18,20)/t7-/m0/s1. The molecule has 2 amide bonds. The van der Waals surface area contributed by atoms with Crippen molar-refractivity contribution in [3.05, 3.63) is 37.4 Å². The Bertz CT molecular complexity index is 751. The smallest absolute Gasteiger partial charge is 0.266 e. The first kappa shape index (κ1) is 15.5. The van der Waals surface area contributed by atoms with Crippen molar-refractivity contribution in [2.75, 3.05) is 5.32 Å². The molecule has 0 unspecified atom stereocenters. The van der Waals surface area contributed by atoms with Gasteiger partial charge in [0.05, 0.1) is 14.8 Å². The summed E-state index contributed by atoms with van der Waals surface area (Å²) in [7, 11) is 0. The molecule has 1 aliphatic carbocycles. The Hall–Kier alpha value is -1.37. The van der Waals surface area contributed by atoms with Crippen molar-refractivity contribution in [3.63, 3.8) is 0 Å². The van der Waals surface area contributed by atoms with Crippen LogP contribution in [0.1, 0.15) is 43.8 Å². The highest BCUT2D eigenvalue weighted by atomic mass is 35.5. The largest absolute Gasteiger partial charge is 0.365 e. The van der Waals surface area contributed by atoms with Gasteiger partial charge in [-0.1, -0.05) is 18.5 Å². The molecule has 0 saturated heterocycles. The fourth-order valence-corrected chi connectivity index (χ4v) is 4.89. The molecule has 0 saturated carbocycles. The number of thiophene rings is 2. The molecule has 3 N–H and O–H groups in total. The number of halogens is 1. The first-order valence-corrected chi connectivity index (χ1v) is 8.97. The fourth-order valence-electron chi connectivity index (χ4n) is 2.71. The van der Waals surface area contributed by atoms with Gasteiger partial charge in [-0.15, -0.1) is 22.7 Å². The molecule has 1 aliphatic rings. The molecule has 2 heterocycles. The number of rotatable bonds is 3. The first-order chi connectivity index (χ1) is 10.5. The lowest BCUT2D eigenvalue weighted by molar-refractivity contribution is 0.1000. The van der Waals surface area contributed by atoms with Gasteiger partial charge in [-0.2, -0.15) is 0 Å². The summed E-state index contributed by atoms with van der Waals surface area (Å²) in [4.78, 5) is 25.8. The van der Waals surface area contributed by atoms with E-state index >= 15 is 0 Å². The summed E-state index contributed by atoms with van der Waals surface area (Å²) in [6, 6.07) is 3.35. The van der Waals surface area contributed by atoms with Gasteiger partial charge in [0.25, 0.3) is 11.8 Å². The Morgan fingerprint density at radius 2 is 2.14 bits per heavy atom. The third-order valence-electron chi connectivity index (χ3n) is 3.78. The minimum atomic E-state index is -0.480. The van der Waals surface area contributed by atoms with Crippen LogP contribution in [0.5, 0.6) is 0 Å². The van der Waals surface area contributed by atoms with Gasteiger partial charge in [-0.25, -0.2) is 0 Å². The maximum absolute atomic E-state index is 12.3. The van der Waals surface area contributed by atoms with Crippen LogP contribution in [0.3, 0.4) is 0 Å². The molecule has 0 aliphatic heterocycles. The molecule has 7 heteroatoms. The minimum Gasteiger partial charge on any atom is -0.365 e. The quantitative estimate of drug-likeness (QED) is 0.876. The molecule has 2 aromatic heterocycles. The van der Waals surface area contributed by atoms with Gasteiger partial charge in [0.1, 0.15) is 5.00 Å². The van der Waals surface area contributed by atoms with Crippen LogP contribution in [0.2, 0.25) is 4.34 Å². The van der Waals surface area contributed by atoms with Crippen LogP contribution in [-0.4, -0.2) is 11.8 Å². The van der Waals surface area contributed by atoms with E-state index in [1.54, 1.807) is 12.1 Å². The molecule has 0 spiro atoms. The Balaban J connectivity index is 1.93. The van der Waals surface area contributed by atoms with E-state index in [9.17, 15) is 9.59 Å². The average molecular weight is 355 g/mol. The summed E-state index contributed by atoms with van der Waals surface area (Å²) in [5, 5.41) is 3.38. The van der Waals surface area contributed by atoms with E-state index in [0.717, 1.165) is 29.7 Å². The topological polar surface area (TPSA) is 72.2 Å². The lowest BCUT2D eigenvalue weighted by Crippen LogP contribution is -2.19. The van der Waals surface area contributed by atoms with Crippen molar-refractivity contribution < 1.29 is 9.59 Å². The zero-order valence-corrected chi connectivity index (χ0v) is 14.3. The van der Waals surface area contributed by atoms with E-state index in [1.807, 2.05) is 0 Å². The minimum absolute atomic E-state index is 0.258. The van der Waals surface area contributed by atoms with E-state index in [-0.39, 0.29) is 5.91 Å². The average Bonchev–Trinajstić information content (AvgIpc) is 3.01. The van der Waals surface area contributed by atoms with Crippen molar-refractivity contribution in [2.24, 2.45) is 11.7 Å². The molecule has 3 rings (SSSR count). The summed E-state index contributed by atoms with van der Waals surface area (Å²) in [6.45, 7) is 2.16. The summed E-state index contributed by atoms with van der Waals surface area (Å²) in [5.74, 6) is -0.211. The number of primary amides is 1. The Labute approximate surface area is 141 Å². The second kappa shape index (κ2) is 6.02. The van der Waals surface area contributed by atoms with E-state index < -0.39 is 5.91 Å². The molecular formula is C15H15ClN2O2S2. The predicted molar refractivity (Wildman–Crippen MR) is 91.3 cm³/mol. The van der Waals surface area contributed by atoms with Crippen molar-refractivity contribution in [3.8, 4) is 0 Å². The number of nitrogens with two attached hydrogens (primary N) is 1. The van der Waals surface area contributed by atoms with Crippen molar-refractivity contribution >= 4 is 51.1 Å². The monoisotopic (exact) mass is 354 g/mol. The summed E-state index contributed by atoms with van der Waals surface area (Å²) < 4.78 is 0.555. The van der Waals surface area contributed by atoms with Crippen LogP contribution in [0.25, 0.3) is 0 Å². The van der Waals surface area contributed by atoms with Crippen LogP contribution in [0.4, 0.5) is 5.00 Å². The van der Waals surface area contributed by atoms with Gasteiger partial charge in [0, 0.05) is 4.88 Å². The third kappa shape index (κ3) is 2.91. The summed E-state index contributed by atoms with van der Waals surface area (Å²) in [5.41, 5.74) is 7.03. The molecule has 116 valence electrons. The third-order valence-corrected chi connectivity index (χ3v) is 6.22. The number of aryl methyl sites for hydroxylation is 1. The SMILES string of the molecule is C[C@H]1CCc2sc(NC(=O)c3ccc(Cl)s3)c(C(N)=O)c2C1. The molecule has 1 atom stereocenters. The number of hydrogen-bond donors (Lipinski definition) is 2. The maximum atomic E-state index is 12.3. The number of fused-ring (bicyclic) bond motifs is 1. The lowest BCUT2D eigenvalue weighted by atomic mass is 9.87. The molecule has 2 aromatic rings. The normalized spacial score (nSPS) is 17.1. The Kier molecular flexibility index (Phi) is 4.25. The number of anilines is 1. The van der Waals surface area contributed by atoms with E-state index in [4.69, 9.17) is 17.3 Å². The molecule has 4 nitrogen and oxygen atoms in total. The highest BCUT2D eigenvalue weighted by Gasteiger charge is 2.27. The van der Waals surface area contributed by atoms with Crippen LogP contribution < -0.4 is 11.1 Å². The second-order valence-electron chi connectivity index (χ2n) is 5.48. The first-order valence-electron chi connectivity index (χ1n) is 6.96. The highest BCUT2D eigenvalue weighted by molar-refractivity contribution is 7.18. The van der Waals surface area contributed by atoms with Crippen LogP contribution in [0.15, 0.2) is 12.1 Å². The number of nitrogens with one attached hydrogen (secondary N) is 1. The van der Waals surface area contributed by atoms with Gasteiger partial charge in [0.15, 0.2) is 0 Å². The molecule has 0 radical (unpaired) electrons. The van der Waals surface area contributed by atoms with Crippen molar-refractivity contribution in [1.82, 2.24) is 0 Å².